The molecule has 0 radical (unpaired) electrons. The largest absolute Gasteiger partial charge is 0.478 e. The van der Waals surface area contributed by atoms with Crippen LogP contribution in [-0.2, 0) is 22.8 Å². The van der Waals surface area contributed by atoms with Crippen molar-refractivity contribution < 1.29 is 14.7 Å². The number of carboxylic acids is 1. The quantitative estimate of drug-likeness (QED) is 0.349. The normalized spacial score (nSPS) is 10.8. The average Bonchev–Trinajstić information content (AvgIpc) is 3.15. The Morgan fingerprint density at radius 1 is 1.12 bits per heavy atom. The number of amides is 1. The summed E-state index contributed by atoms with van der Waals surface area (Å²) in [4.78, 5) is 23.4. The number of anilines is 1. The van der Waals surface area contributed by atoms with Crippen LogP contribution in [0.2, 0.25) is 10.0 Å². The molecule has 0 spiro atoms. The van der Waals surface area contributed by atoms with Crippen LogP contribution in [0.5, 0.6) is 0 Å². The van der Waals surface area contributed by atoms with Crippen molar-refractivity contribution in [3.05, 3.63) is 69.5 Å². The number of rotatable bonds is 10. The van der Waals surface area contributed by atoms with E-state index in [4.69, 9.17) is 28.3 Å². The van der Waals surface area contributed by atoms with Crippen LogP contribution in [0.25, 0.3) is 0 Å². The molecule has 0 aliphatic carbocycles. The molecular formula is C21H20Cl2N4O3S2. The number of benzene rings is 2. The van der Waals surface area contributed by atoms with Gasteiger partial charge in [-0.3, -0.25) is 4.79 Å². The summed E-state index contributed by atoms with van der Waals surface area (Å²) < 4.78 is 1.97. The number of nitrogens with zero attached hydrogens (tertiary/aromatic N) is 3. The molecule has 2 aromatic carbocycles. The van der Waals surface area contributed by atoms with Crippen molar-refractivity contribution >= 4 is 64.3 Å². The maximum atomic E-state index is 12.3. The topological polar surface area (TPSA) is 97.1 Å². The predicted octanol–water partition coefficient (Wildman–Crippen LogP) is 5.47. The van der Waals surface area contributed by atoms with E-state index in [2.05, 4.69) is 15.5 Å². The first-order valence-corrected chi connectivity index (χ1v) is 12.5. The van der Waals surface area contributed by atoms with Crippen LogP contribution in [0.15, 0.2) is 47.6 Å². The van der Waals surface area contributed by atoms with Crippen molar-refractivity contribution in [3.8, 4) is 0 Å². The summed E-state index contributed by atoms with van der Waals surface area (Å²) >= 11 is 15.1. The highest BCUT2D eigenvalue weighted by Crippen LogP contribution is 2.27. The number of aromatic nitrogens is 3. The van der Waals surface area contributed by atoms with E-state index < -0.39 is 5.97 Å². The average molecular weight is 511 g/mol. The Labute approximate surface area is 203 Å². The monoisotopic (exact) mass is 510 g/mol. The van der Waals surface area contributed by atoms with Crippen molar-refractivity contribution in [3.63, 3.8) is 0 Å². The van der Waals surface area contributed by atoms with Gasteiger partial charge in [0.1, 0.15) is 5.82 Å². The maximum absolute atomic E-state index is 12.3. The molecule has 0 unspecified atom stereocenters. The Morgan fingerprint density at radius 3 is 2.66 bits per heavy atom. The summed E-state index contributed by atoms with van der Waals surface area (Å²) in [5.41, 5.74) is 1.55. The Morgan fingerprint density at radius 2 is 1.94 bits per heavy atom. The molecule has 1 aromatic heterocycles. The third kappa shape index (κ3) is 6.65. The van der Waals surface area contributed by atoms with E-state index in [1.807, 2.05) is 23.6 Å². The van der Waals surface area contributed by atoms with Crippen LogP contribution in [0.4, 0.5) is 5.69 Å². The molecule has 0 saturated heterocycles. The van der Waals surface area contributed by atoms with E-state index in [0.29, 0.717) is 38.9 Å². The third-order valence-corrected chi connectivity index (χ3v) is 6.87. The van der Waals surface area contributed by atoms with Gasteiger partial charge >= 0.3 is 5.97 Å². The van der Waals surface area contributed by atoms with Gasteiger partial charge in [0.15, 0.2) is 5.16 Å². The fourth-order valence-electron chi connectivity index (χ4n) is 2.80. The summed E-state index contributed by atoms with van der Waals surface area (Å²) in [5, 5.41) is 22.2. The number of aromatic carboxylic acids is 1. The summed E-state index contributed by atoms with van der Waals surface area (Å²) in [6.07, 6.45) is 0. The van der Waals surface area contributed by atoms with E-state index in [1.165, 1.54) is 23.9 Å². The first-order valence-electron chi connectivity index (χ1n) is 9.57. The number of hydrogen-bond acceptors (Lipinski definition) is 6. The SMILES string of the molecule is CCn1c(CSCc2ccc(Cl)cc2Cl)nnc1SCC(=O)Nc1cccc(C(=O)O)c1. The molecule has 1 amide bonds. The number of hydrogen-bond donors (Lipinski definition) is 2. The Kier molecular flexibility index (Phi) is 8.86. The maximum Gasteiger partial charge on any atom is 0.335 e. The van der Waals surface area contributed by atoms with Gasteiger partial charge in [-0.2, -0.15) is 0 Å². The van der Waals surface area contributed by atoms with E-state index >= 15 is 0 Å². The minimum absolute atomic E-state index is 0.114. The molecular weight excluding hydrogens is 491 g/mol. The molecule has 11 heteroatoms. The van der Waals surface area contributed by atoms with Crippen molar-refractivity contribution in [2.75, 3.05) is 11.1 Å². The Bertz CT molecular complexity index is 1120. The number of carboxylic acid groups (broad SMARTS) is 1. The Balaban J connectivity index is 1.54. The molecule has 0 fully saturated rings. The van der Waals surface area contributed by atoms with E-state index in [0.717, 1.165) is 11.4 Å². The van der Waals surface area contributed by atoms with Gasteiger partial charge in [-0.25, -0.2) is 4.79 Å². The molecule has 0 bridgehead atoms. The number of thioether (sulfide) groups is 2. The van der Waals surface area contributed by atoms with Crippen LogP contribution in [0, 0.1) is 0 Å². The highest BCUT2D eigenvalue weighted by atomic mass is 35.5. The van der Waals surface area contributed by atoms with Crippen molar-refractivity contribution in [2.24, 2.45) is 0 Å². The van der Waals surface area contributed by atoms with Gasteiger partial charge in [-0.1, -0.05) is 47.1 Å². The van der Waals surface area contributed by atoms with Gasteiger partial charge in [0.05, 0.1) is 17.1 Å². The molecule has 0 aliphatic rings. The zero-order chi connectivity index (χ0) is 23.1. The molecule has 32 heavy (non-hydrogen) atoms. The zero-order valence-corrected chi connectivity index (χ0v) is 20.2. The number of halogens is 2. The second-order valence-corrected chi connectivity index (χ2v) is 9.37. The van der Waals surface area contributed by atoms with Crippen LogP contribution in [0.1, 0.15) is 28.7 Å². The smallest absolute Gasteiger partial charge is 0.335 e. The fourth-order valence-corrected chi connectivity index (χ4v) is 5.14. The van der Waals surface area contributed by atoms with Crippen molar-refractivity contribution in [1.29, 1.82) is 0 Å². The lowest BCUT2D eigenvalue weighted by Crippen LogP contribution is -2.15. The van der Waals surface area contributed by atoms with Crippen molar-refractivity contribution in [1.82, 2.24) is 14.8 Å². The minimum atomic E-state index is -1.05. The highest BCUT2D eigenvalue weighted by Gasteiger charge is 2.14. The first kappa shape index (κ1) is 24.4. The van der Waals surface area contributed by atoms with Gasteiger partial charge in [-0.15, -0.1) is 22.0 Å². The van der Waals surface area contributed by atoms with Crippen LogP contribution >= 0.6 is 46.7 Å². The van der Waals surface area contributed by atoms with Gasteiger partial charge in [0.2, 0.25) is 5.91 Å². The Hall–Kier alpha value is -2.20. The zero-order valence-electron chi connectivity index (χ0n) is 17.0. The number of carbonyl (C=O) groups excluding carboxylic acids is 1. The standard InChI is InChI=1S/C21H20Cl2N4O3S2/c1-2-27-18(11-31-10-14-6-7-15(22)9-17(14)23)25-26-21(27)32-12-19(28)24-16-5-3-4-13(8-16)20(29)30/h3-9H,2,10-12H2,1H3,(H,24,28)(H,29,30). The predicted molar refractivity (Wildman–Crippen MR) is 130 cm³/mol. The molecule has 168 valence electrons. The molecule has 0 saturated carbocycles. The minimum Gasteiger partial charge on any atom is -0.478 e. The second kappa shape index (κ2) is 11.6. The molecule has 0 atom stereocenters. The van der Waals surface area contributed by atoms with Crippen LogP contribution in [0.3, 0.4) is 0 Å². The molecule has 0 aliphatic heterocycles. The lowest BCUT2D eigenvalue weighted by molar-refractivity contribution is -0.113. The summed E-state index contributed by atoms with van der Waals surface area (Å²) in [6, 6.07) is 11.6. The lowest BCUT2D eigenvalue weighted by Gasteiger charge is -2.09. The number of nitrogens with one attached hydrogen (secondary N) is 1. The highest BCUT2D eigenvalue weighted by molar-refractivity contribution is 7.99. The van der Waals surface area contributed by atoms with Crippen LogP contribution < -0.4 is 5.32 Å². The molecule has 1 heterocycles. The lowest BCUT2D eigenvalue weighted by atomic mass is 10.2. The molecule has 3 aromatic rings. The third-order valence-electron chi connectivity index (χ3n) is 4.34. The molecule has 7 nitrogen and oxygen atoms in total. The summed E-state index contributed by atoms with van der Waals surface area (Å²) in [7, 11) is 0. The fraction of sp³-hybridized carbons (Fsp3) is 0.238. The van der Waals surface area contributed by atoms with E-state index in [9.17, 15) is 9.59 Å². The first-order chi connectivity index (χ1) is 15.4. The number of carbonyl (C=O) groups is 2. The van der Waals surface area contributed by atoms with Gasteiger partial charge in [-0.05, 0) is 42.8 Å². The summed E-state index contributed by atoms with van der Waals surface area (Å²) in [6.45, 7) is 2.67. The second-order valence-electron chi connectivity index (χ2n) is 6.59. The van der Waals surface area contributed by atoms with E-state index in [-0.39, 0.29) is 17.2 Å². The molecule has 2 N–H and O–H groups in total. The van der Waals surface area contributed by atoms with Crippen molar-refractivity contribution in [2.45, 2.75) is 30.1 Å². The van der Waals surface area contributed by atoms with Gasteiger partial charge in [0, 0.05) is 28.0 Å². The molecule has 3 rings (SSSR count). The summed E-state index contributed by atoms with van der Waals surface area (Å²) in [5.74, 6) is 1.01. The van der Waals surface area contributed by atoms with Crippen LogP contribution in [-0.4, -0.2) is 37.5 Å². The van der Waals surface area contributed by atoms with E-state index in [1.54, 1.807) is 30.0 Å². The van der Waals surface area contributed by atoms with Gasteiger partial charge < -0.3 is 15.0 Å². The van der Waals surface area contributed by atoms with Gasteiger partial charge in [0.25, 0.3) is 0 Å².